The first-order valence-corrected chi connectivity index (χ1v) is 12.5. The smallest absolute Gasteiger partial charge is 0.235 e. The van der Waals surface area contributed by atoms with Crippen molar-refractivity contribution < 1.29 is 13.9 Å². The number of nitrogens with zero attached hydrogens (tertiary/aromatic N) is 4. The van der Waals surface area contributed by atoms with E-state index in [4.69, 9.17) is 4.74 Å². The van der Waals surface area contributed by atoms with Gasteiger partial charge in [0.05, 0.1) is 18.3 Å². The number of aryl methyl sites for hydroxylation is 1. The molecule has 0 N–H and O–H groups in total. The lowest BCUT2D eigenvalue weighted by atomic mass is 10.00. The summed E-state index contributed by atoms with van der Waals surface area (Å²) >= 11 is 0. The molecule has 1 fully saturated rings. The summed E-state index contributed by atoms with van der Waals surface area (Å²) in [5.74, 6) is 0.349. The zero-order valence-electron chi connectivity index (χ0n) is 20.8. The molecule has 6 nitrogen and oxygen atoms in total. The van der Waals surface area contributed by atoms with Crippen LogP contribution < -0.4 is 4.74 Å². The Hall–Kier alpha value is -3.58. The normalized spacial score (nSPS) is 15.2. The van der Waals surface area contributed by atoms with Crippen molar-refractivity contribution in [3.8, 4) is 16.9 Å². The highest BCUT2D eigenvalue weighted by molar-refractivity contribution is 5.98. The lowest BCUT2D eigenvalue weighted by Gasteiger charge is -2.26. The molecule has 36 heavy (non-hydrogen) atoms. The number of Topliss-reactive ketones (excluding diaryl/α,β-unsaturated/α-hetero) is 1. The molecular weight excluding hydrogens is 455 g/mol. The maximum atomic E-state index is 13.0. The van der Waals surface area contributed by atoms with Gasteiger partial charge in [-0.05, 0) is 73.3 Å². The quantitative estimate of drug-likeness (QED) is 0.297. The first-order chi connectivity index (χ1) is 17.5. The van der Waals surface area contributed by atoms with Gasteiger partial charge in [-0.15, -0.1) is 0 Å². The summed E-state index contributed by atoms with van der Waals surface area (Å²) in [7, 11) is 2.01. The van der Waals surface area contributed by atoms with Crippen LogP contribution in [-0.2, 0) is 20.0 Å². The highest BCUT2D eigenvalue weighted by Gasteiger charge is 2.17. The van der Waals surface area contributed by atoms with E-state index in [0.717, 1.165) is 41.5 Å². The van der Waals surface area contributed by atoms with Gasteiger partial charge in [-0.2, -0.15) is 5.10 Å². The number of likely N-dealkylation sites (tertiary alicyclic amines) is 1. The molecule has 1 unspecified atom stereocenters. The molecule has 186 valence electrons. The Bertz CT molecular complexity index is 1360. The van der Waals surface area contributed by atoms with Crippen LogP contribution in [0.15, 0.2) is 60.9 Å². The minimum Gasteiger partial charge on any atom is -0.461 e. The number of piperidine rings is 1. The zero-order chi connectivity index (χ0) is 25.1. The van der Waals surface area contributed by atoms with Gasteiger partial charge in [0, 0.05) is 48.9 Å². The predicted octanol–water partition coefficient (Wildman–Crippen LogP) is 5.74. The lowest BCUT2D eigenvalue weighted by Crippen LogP contribution is -2.30. The van der Waals surface area contributed by atoms with Gasteiger partial charge in [-0.25, -0.2) is 4.39 Å². The summed E-state index contributed by atoms with van der Waals surface area (Å²) in [4.78, 5) is 19.9. The van der Waals surface area contributed by atoms with Gasteiger partial charge < -0.3 is 4.74 Å². The monoisotopic (exact) mass is 486 g/mol. The van der Waals surface area contributed by atoms with Crippen LogP contribution in [0, 0.1) is 0 Å². The molecule has 0 aliphatic carbocycles. The first-order valence-electron chi connectivity index (χ1n) is 12.5. The van der Waals surface area contributed by atoms with Crippen LogP contribution in [-0.4, -0.2) is 44.9 Å². The fraction of sp³-hybridized carbons (Fsp3) is 0.345. The van der Waals surface area contributed by atoms with Gasteiger partial charge >= 0.3 is 0 Å². The van der Waals surface area contributed by atoms with Gasteiger partial charge in [0.2, 0.25) is 6.36 Å². The Labute approximate surface area is 210 Å². The molecule has 1 aliphatic rings. The number of ether oxygens (including phenoxy) is 1. The molecule has 0 radical (unpaired) electrons. The zero-order valence-corrected chi connectivity index (χ0v) is 20.8. The predicted molar refractivity (Wildman–Crippen MR) is 139 cm³/mol. The highest BCUT2D eigenvalue weighted by atomic mass is 19.1. The molecule has 3 heterocycles. The number of benzene rings is 2. The van der Waals surface area contributed by atoms with Crippen molar-refractivity contribution in [1.82, 2.24) is 19.7 Å². The summed E-state index contributed by atoms with van der Waals surface area (Å²) in [6.45, 7) is 4.49. The van der Waals surface area contributed by atoms with Gasteiger partial charge in [0.1, 0.15) is 5.75 Å². The summed E-state index contributed by atoms with van der Waals surface area (Å²) in [6.07, 6.45) is 6.38. The van der Waals surface area contributed by atoms with Crippen molar-refractivity contribution >= 4 is 16.6 Å². The Balaban J connectivity index is 1.36. The number of hydrogen-bond donors (Lipinski definition) is 0. The minimum atomic E-state index is -1.40. The molecular formula is C29H31FN4O2. The van der Waals surface area contributed by atoms with Crippen molar-refractivity contribution in [2.45, 2.75) is 45.5 Å². The number of fused-ring (bicyclic) bond motifs is 1. The Morgan fingerprint density at radius 2 is 1.81 bits per heavy atom. The molecule has 7 heteroatoms. The largest absolute Gasteiger partial charge is 0.461 e. The highest BCUT2D eigenvalue weighted by Crippen LogP contribution is 2.29. The van der Waals surface area contributed by atoms with Gasteiger partial charge in [0.15, 0.2) is 5.78 Å². The van der Waals surface area contributed by atoms with E-state index in [0.29, 0.717) is 17.0 Å². The molecule has 0 amide bonds. The maximum absolute atomic E-state index is 13.0. The van der Waals surface area contributed by atoms with Crippen LogP contribution in [0.3, 0.4) is 0 Å². The van der Waals surface area contributed by atoms with E-state index >= 15 is 0 Å². The molecule has 0 saturated carbocycles. The fourth-order valence-electron chi connectivity index (χ4n) is 4.85. The molecule has 4 aromatic rings. The Morgan fingerprint density at radius 1 is 1.03 bits per heavy atom. The van der Waals surface area contributed by atoms with E-state index in [1.54, 1.807) is 24.3 Å². The van der Waals surface area contributed by atoms with Gasteiger partial charge in [0.25, 0.3) is 0 Å². The standard InChI is InChI=1S/C29H31FN4O2/c1-20(30)36-26-10-8-21(9-11-26)29(35)16-25-15-24-14-22(6-7-23(24)17-31-25)27-18-32-33(2)28(27)19-34-12-4-3-5-13-34/h6-11,14-15,17-18,20H,3-5,12-13,16,19H2,1-2H3. The van der Waals surface area contributed by atoms with Gasteiger partial charge in [-0.1, -0.05) is 18.6 Å². The van der Waals surface area contributed by atoms with E-state index in [1.165, 1.54) is 31.9 Å². The van der Waals surface area contributed by atoms with Crippen LogP contribution in [0.25, 0.3) is 21.9 Å². The number of aromatic nitrogens is 3. The second-order valence-electron chi connectivity index (χ2n) is 9.49. The Morgan fingerprint density at radius 3 is 2.56 bits per heavy atom. The van der Waals surface area contributed by atoms with Crippen molar-refractivity contribution in [2.75, 3.05) is 13.1 Å². The summed E-state index contributed by atoms with van der Waals surface area (Å²) in [6, 6.07) is 14.9. The third-order valence-corrected chi connectivity index (χ3v) is 6.79. The first kappa shape index (κ1) is 24.1. The van der Waals surface area contributed by atoms with E-state index < -0.39 is 6.36 Å². The van der Waals surface area contributed by atoms with Crippen molar-refractivity contribution in [2.24, 2.45) is 7.05 Å². The number of carbonyl (C=O) groups is 1. The molecule has 2 aromatic carbocycles. The number of pyridine rings is 1. The molecule has 1 aliphatic heterocycles. The van der Waals surface area contributed by atoms with Crippen molar-refractivity contribution in [1.29, 1.82) is 0 Å². The number of ketones is 1. The van der Waals surface area contributed by atoms with Crippen LogP contribution in [0.1, 0.15) is 47.9 Å². The topological polar surface area (TPSA) is 60.2 Å². The van der Waals surface area contributed by atoms with E-state index in [-0.39, 0.29) is 12.2 Å². The third-order valence-electron chi connectivity index (χ3n) is 6.79. The second-order valence-corrected chi connectivity index (χ2v) is 9.49. The van der Waals surface area contributed by atoms with E-state index in [9.17, 15) is 9.18 Å². The number of carbonyl (C=O) groups excluding carboxylic acids is 1. The summed E-state index contributed by atoms with van der Waals surface area (Å²) < 4.78 is 20.0. The average Bonchev–Trinajstić information content (AvgIpc) is 3.24. The van der Waals surface area contributed by atoms with E-state index in [2.05, 4.69) is 33.2 Å². The number of rotatable bonds is 8. The number of halogens is 1. The lowest BCUT2D eigenvalue weighted by molar-refractivity contribution is 0.0860. The molecule has 1 atom stereocenters. The molecule has 1 saturated heterocycles. The summed E-state index contributed by atoms with van der Waals surface area (Å²) in [5, 5.41) is 6.62. The summed E-state index contributed by atoms with van der Waals surface area (Å²) in [5.41, 5.74) is 4.73. The molecule has 0 spiro atoms. The molecule has 2 aromatic heterocycles. The Kier molecular flexibility index (Phi) is 7.09. The third kappa shape index (κ3) is 5.46. The van der Waals surface area contributed by atoms with Crippen molar-refractivity contribution in [3.05, 3.63) is 77.9 Å². The van der Waals surface area contributed by atoms with Crippen LogP contribution in [0.4, 0.5) is 4.39 Å². The van der Waals surface area contributed by atoms with E-state index in [1.807, 2.05) is 30.2 Å². The van der Waals surface area contributed by atoms with Crippen LogP contribution in [0.2, 0.25) is 0 Å². The second kappa shape index (κ2) is 10.6. The number of alkyl halides is 1. The van der Waals surface area contributed by atoms with Crippen LogP contribution >= 0.6 is 0 Å². The maximum Gasteiger partial charge on any atom is 0.235 e. The SMILES string of the molecule is CC(F)Oc1ccc(C(=O)Cc2cc3cc(-c4cnn(C)c4CN4CCCCC4)ccc3cn2)cc1. The molecule has 5 rings (SSSR count). The minimum absolute atomic E-state index is 0.0473. The fourth-order valence-corrected chi connectivity index (χ4v) is 4.85. The molecule has 0 bridgehead atoms. The van der Waals surface area contributed by atoms with Crippen molar-refractivity contribution in [3.63, 3.8) is 0 Å². The average molecular weight is 487 g/mol. The van der Waals surface area contributed by atoms with Crippen LogP contribution in [0.5, 0.6) is 5.75 Å². The number of hydrogen-bond acceptors (Lipinski definition) is 5. The van der Waals surface area contributed by atoms with Gasteiger partial charge in [-0.3, -0.25) is 19.4 Å².